The molecule has 1 aliphatic rings. The van der Waals surface area contributed by atoms with Gasteiger partial charge in [0.05, 0.1) is 18.1 Å². The van der Waals surface area contributed by atoms with E-state index in [4.69, 9.17) is 9.15 Å². The number of hydrogen-bond acceptors (Lipinski definition) is 6. The van der Waals surface area contributed by atoms with Crippen LogP contribution >= 0.6 is 0 Å². The predicted octanol–water partition coefficient (Wildman–Crippen LogP) is 1.35. The van der Waals surface area contributed by atoms with E-state index in [2.05, 4.69) is 5.32 Å². The number of phenolic OH excluding ortho intramolecular Hbond substituents is 2. The second kappa shape index (κ2) is 6.52. The summed E-state index contributed by atoms with van der Waals surface area (Å²) >= 11 is 0. The van der Waals surface area contributed by atoms with Crippen LogP contribution in [0.4, 0.5) is 0 Å². The van der Waals surface area contributed by atoms with Crippen LogP contribution in [0.5, 0.6) is 11.5 Å². The molecule has 0 saturated carbocycles. The van der Waals surface area contributed by atoms with Gasteiger partial charge in [0.1, 0.15) is 0 Å². The van der Waals surface area contributed by atoms with Crippen LogP contribution < -0.4 is 10.9 Å². The van der Waals surface area contributed by atoms with Gasteiger partial charge in [0.15, 0.2) is 11.3 Å². The standard InChI is InChI=1S/C17H19NO6/c1-9-11-4-5-13(19)15(21)16(11)24-17(22)12(9)7-14(20)18-8-10-3-2-6-23-10/h4-5,10,19,21H,2-3,6-8H2,1H3,(H,18,20)/t10-/m1/s1. The van der Waals surface area contributed by atoms with Gasteiger partial charge in [-0.2, -0.15) is 0 Å². The summed E-state index contributed by atoms with van der Waals surface area (Å²) in [5, 5.41) is 22.5. The molecule has 0 unspecified atom stereocenters. The highest BCUT2D eigenvalue weighted by Crippen LogP contribution is 2.34. The molecule has 128 valence electrons. The number of carbonyl (C=O) groups excluding carboxylic acids is 1. The van der Waals surface area contributed by atoms with Gasteiger partial charge >= 0.3 is 5.63 Å². The molecule has 7 nitrogen and oxygen atoms in total. The van der Waals surface area contributed by atoms with E-state index in [1.165, 1.54) is 12.1 Å². The van der Waals surface area contributed by atoms with Gasteiger partial charge in [-0.05, 0) is 37.5 Å². The third-order valence-corrected chi connectivity index (χ3v) is 4.30. The van der Waals surface area contributed by atoms with E-state index in [0.717, 1.165) is 12.8 Å². The molecule has 0 aliphatic carbocycles. The van der Waals surface area contributed by atoms with Gasteiger partial charge in [0.25, 0.3) is 0 Å². The molecule has 1 fully saturated rings. The van der Waals surface area contributed by atoms with Crippen LogP contribution in [0.15, 0.2) is 21.3 Å². The summed E-state index contributed by atoms with van der Waals surface area (Å²) in [5.74, 6) is -1.14. The Labute approximate surface area is 137 Å². The molecule has 7 heteroatoms. The van der Waals surface area contributed by atoms with Crippen molar-refractivity contribution in [3.8, 4) is 11.5 Å². The molecular weight excluding hydrogens is 314 g/mol. The molecule has 2 heterocycles. The predicted molar refractivity (Wildman–Crippen MR) is 86.2 cm³/mol. The van der Waals surface area contributed by atoms with E-state index in [1.54, 1.807) is 6.92 Å². The Hall–Kier alpha value is -2.54. The maximum Gasteiger partial charge on any atom is 0.340 e. The lowest BCUT2D eigenvalue weighted by atomic mass is 10.0. The average Bonchev–Trinajstić information content (AvgIpc) is 3.07. The zero-order chi connectivity index (χ0) is 17.3. The van der Waals surface area contributed by atoms with Crippen molar-refractivity contribution in [3.63, 3.8) is 0 Å². The molecule has 1 aromatic heterocycles. The number of fused-ring (bicyclic) bond motifs is 1. The Balaban J connectivity index is 1.82. The molecule has 3 rings (SSSR count). The number of ether oxygens (including phenoxy) is 1. The van der Waals surface area contributed by atoms with E-state index in [0.29, 0.717) is 24.1 Å². The third kappa shape index (κ3) is 3.07. The van der Waals surface area contributed by atoms with E-state index >= 15 is 0 Å². The topological polar surface area (TPSA) is 109 Å². The second-order valence-electron chi connectivity index (χ2n) is 5.92. The molecular formula is C17H19NO6. The Bertz CT molecular complexity index is 835. The summed E-state index contributed by atoms with van der Waals surface area (Å²) in [6.07, 6.45) is 1.83. The minimum absolute atomic E-state index is 0.0305. The summed E-state index contributed by atoms with van der Waals surface area (Å²) in [7, 11) is 0. The number of amides is 1. The van der Waals surface area contributed by atoms with Crippen LogP contribution in [0.3, 0.4) is 0 Å². The second-order valence-corrected chi connectivity index (χ2v) is 5.92. The minimum atomic E-state index is -0.701. The zero-order valence-electron chi connectivity index (χ0n) is 13.3. The number of phenols is 2. The molecule has 0 bridgehead atoms. The van der Waals surface area contributed by atoms with Crippen LogP contribution in [0.1, 0.15) is 24.0 Å². The van der Waals surface area contributed by atoms with Crippen molar-refractivity contribution >= 4 is 16.9 Å². The molecule has 2 aromatic rings. The first kappa shape index (κ1) is 16.3. The number of hydrogen-bond donors (Lipinski definition) is 3. The largest absolute Gasteiger partial charge is 0.504 e. The molecule has 3 N–H and O–H groups in total. The molecule has 1 atom stereocenters. The molecule has 0 spiro atoms. The van der Waals surface area contributed by atoms with Gasteiger partial charge in [-0.1, -0.05) is 0 Å². The van der Waals surface area contributed by atoms with Crippen LogP contribution in [0.2, 0.25) is 0 Å². The van der Waals surface area contributed by atoms with Crippen molar-refractivity contribution in [3.05, 3.63) is 33.7 Å². The van der Waals surface area contributed by atoms with Crippen LogP contribution in [0.25, 0.3) is 11.0 Å². The van der Waals surface area contributed by atoms with Gasteiger partial charge in [-0.3, -0.25) is 4.79 Å². The Kier molecular flexibility index (Phi) is 4.44. The van der Waals surface area contributed by atoms with E-state index in [-0.39, 0.29) is 35.3 Å². The highest BCUT2D eigenvalue weighted by molar-refractivity contribution is 5.89. The molecule has 1 aliphatic heterocycles. The van der Waals surface area contributed by atoms with Gasteiger partial charge in [0, 0.05) is 18.5 Å². The number of aryl methyl sites for hydroxylation is 1. The minimum Gasteiger partial charge on any atom is -0.504 e. The van der Waals surface area contributed by atoms with Crippen LogP contribution in [-0.4, -0.2) is 35.4 Å². The quantitative estimate of drug-likeness (QED) is 0.576. The first-order valence-electron chi connectivity index (χ1n) is 7.83. The number of rotatable bonds is 4. The van der Waals surface area contributed by atoms with Crippen LogP contribution in [-0.2, 0) is 16.0 Å². The van der Waals surface area contributed by atoms with Crippen molar-refractivity contribution in [2.24, 2.45) is 0 Å². The monoisotopic (exact) mass is 333 g/mol. The lowest BCUT2D eigenvalue weighted by Gasteiger charge is -2.12. The third-order valence-electron chi connectivity index (χ3n) is 4.30. The molecule has 0 radical (unpaired) electrons. The zero-order valence-corrected chi connectivity index (χ0v) is 13.3. The maximum atomic E-state index is 12.1. The SMILES string of the molecule is Cc1c(CC(=O)NC[C@H]2CCCO2)c(=O)oc2c(O)c(O)ccc12. The van der Waals surface area contributed by atoms with Crippen molar-refractivity contribution < 1.29 is 24.2 Å². The van der Waals surface area contributed by atoms with Gasteiger partial charge in [-0.25, -0.2) is 4.79 Å². The van der Waals surface area contributed by atoms with Crippen molar-refractivity contribution in [1.29, 1.82) is 0 Å². The summed E-state index contributed by atoms with van der Waals surface area (Å²) < 4.78 is 10.5. The van der Waals surface area contributed by atoms with Gasteiger partial charge in [0.2, 0.25) is 11.7 Å². The Morgan fingerprint density at radius 2 is 2.17 bits per heavy atom. The number of benzene rings is 1. The fourth-order valence-corrected chi connectivity index (χ4v) is 2.89. The normalized spacial score (nSPS) is 17.3. The number of carbonyl (C=O) groups is 1. The first-order valence-corrected chi connectivity index (χ1v) is 7.83. The van der Waals surface area contributed by atoms with Gasteiger partial charge in [-0.15, -0.1) is 0 Å². The number of aromatic hydroxyl groups is 2. The molecule has 24 heavy (non-hydrogen) atoms. The smallest absolute Gasteiger partial charge is 0.340 e. The summed E-state index contributed by atoms with van der Waals surface area (Å²) in [6.45, 7) is 2.81. The van der Waals surface area contributed by atoms with E-state index < -0.39 is 11.4 Å². The average molecular weight is 333 g/mol. The summed E-state index contributed by atoms with van der Waals surface area (Å²) in [4.78, 5) is 24.2. The summed E-state index contributed by atoms with van der Waals surface area (Å²) in [5.41, 5.74) is -0.00423. The number of nitrogens with one attached hydrogen (secondary N) is 1. The van der Waals surface area contributed by atoms with Crippen LogP contribution in [0, 0.1) is 6.92 Å². The first-order chi connectivity index (χ1) is 11.5. The highest BCUT2D eigenvalue weighted by Gasteiger charge is 2.20. The van der Waals surface area contributed by atoms with E-state index in [9.17, 15) is 19.8 Å². The molecule has 1 saturated heterocycles. The lowest BCUT2D eigenvalue weighted by Crippen LogP contribution is -2.34. The molecule has 1 amide bonds. The van der Waals surface area contributed by atoms with Crippen molar-refractivity contribution in [2.75, 3.05) is 13.2 Å². The molecule has 1 aromatic carbocycles. The highest BCUT2D eigenvalue weighted by atomic mass is 16.5. The van der Waals surface area contributed by atoms with Crippen molar-refractivity contribution in [2.45, 2.75) is 32.3 Å². The summed E-state index contributed by atoms with van der Waals surface area (Å²) in [6, 6.07) is 2.85. The Morgan fingerprint density at radius 3 is 2.88 bits per heavy atom. The lowest BCUT2D eigenvalue weighted by molar-refractivity contribution is -0.121. The maximum absolute atomic E-state index is 12.1. The fourth-order valence-electron chi connectivity index (χ4n) is 2.89. The fraction of sp³-hybridized carbons (Fsp3) is 0.412. The van der Waals surface area contributed by atoms with E-state index in [1.807, 2.05) is 0 Å². The van der Waals surface area contributed by atoms with Crippen molar-refractivity contribution in [1.82, 2.24) is 5.32 Å². The van der Waals surface area contributed by atoms with Gasteiger partial charge < -0.3 is 24.7 Å². The Morgan fingerprint density at radius 1 is 1.38 bits per heavy atom.